The molecule has 78 valence electrons. The summed E-state index contributed by atoms with van der Waals surface area (Å²) in [6.45, 7) is 0.366. The number of carboxylic acid groups (broad SMARTS) is 1. The van der Waals surface area contributed by atoms with E-state index in [0.29, 0.717) is 18.1 Å². The van der Waals surface area contributed by atoms with Gasteiger partial charge < -0.3 is 15.3 Å². The van der Waals surface area contributed by atoms with E-state index in [1.54, 1.807) is 23.0 Å². The Morgan fingerprint density at radius 2 is 2.33 bits per heavy atom. The van der Waals surface area contributed by atoms with E-state index in [-0.39, 0.29) is 5.76 Å². The molecular weight excluding hydrogens is 198 g/mol. The maximum atomic E-state index is 10.5. The van der Waals surface area contributed by atoms with E-state index in [1.165, 1.54) is 6.07 Å². The fraction of sp³-hybridized carbons (Fsp3) is 0.111. The Bertz CT molecular complexity index is 486. The SMILES string of the molecule is Nc1ccn(Cc2ccc(C(=O)O)o2)n1. The molecule has 0 radical (unpaired) electrons. The van der Waals surface area contributed by atoms with Crippen LogP contribution in [0.1, 0.15) is 16.3 Å². The van der Waals surface area contributed by atoms with Crippen molar-refractivity contribution in [3.8, 4) is 0 Å². The molecule has 0 aromatic carbocycles. The third kappa shape index (κ3) is 1.98. The molecule has 0 bridgehead atoms. The van der Waals surface area contributed by atoms with Crippen LogP contribution in [0.3, 0.4) is 0 Å². The van der Waals surface area contributed by atoms with Crippen molar-refractivity contribution in [2.24, 2.45) is 0 Å². The number of carbonyl (C=O) groups is 1. The normalized spacial score (nSPS) is 10.4. The van der Waals surface area contributed by atoms with Crippen molar-refractivity contribution in [2.45, 2.75) is 6.54 Å². The number of aromatic carboxylic acids is 1. The maximum absolute atomic E-state index is 10.5. The van der Waals surface area contributed by atoms with Crippen molar-refractivity contribution in [3.63, 3.8) is 0 Å². The standard InChI is InChI=1S/C9H9N3O3/c10-8-3-4-12(11-8)5-6-1-2-7(15-6)9(13)14/h1-4H,5H2,(H2,10,11)(H,13,14). The summed E-state index contributed by atoms with van der Waals surface area (Å²) in [5.41, 5.74) is 5.43. The predicted octanol–water partition coefficient (Wildman–Crippen LogP) is 0.805. The number of hydrogen-bond donors (Lipinski definition) is 2. The molecule has 3 N–H and O–H groups in total. The summed E-state index contributed by atoms with van der Waals surface area (Å²) in [4.78, 5) is 10.5. The topological polar surface area (TPSA) is 94.3 Å². The summed E-state index contributed by atoms with van der Waals surface area (Å²) in [6, 6.07) is 4.66. The fourth-order valence-corrected chi connectivity index (χ4v) is 1.20. The van der Waals surface area contributed by atoms with Crippen LogP contribution < -0.4 is 5.73 Å². The number of nitrogen functional groups attached to an aromatic ring is 1. The van der Waals surface area contributed by atoms with E-state index in [1.807, 2.05) is 0 Å². The van der Waals surface area contributed by atoms with Crippen LogP contribution in [-0.2, 0) is 6.54 Å². The van der Waals surface area contributed by atoms with Gasteiger partial charge in [0.15, 0.2) is 0 Å². The van der Waals surface area contributed by atoms with E-state index >= 15 is 0 Å². The molecule has 6 heteroatoms. The van der Waals surface area contributed by atoms with Crippen LogP contribution in [0.25, 0.3) is 0 Å². The van der Waals surface area contributed by atoms with Crippen LogP contribution in [0, 0.1) is 0 Å². The van der Waals surface area contributed by atoms with Crippen LogP contribution in [0.15, 0.2) is 28.8 Å². The first-order valence-electron chi connectivity index (χ1n) is 4.26. The quantitative estimate of drug-likeness (QED) is 0.776. The number of furan rings is 1. The van der Waals surface area contributed by atoms with Crippen LogP contribution in [0.2, 0.25) is 0 Å². The number of nitrogens with zero attached hydrogens (tertiary/aromatic N) is 2. The first-order valence-corrected chi connectivity index (χ1v) is 4.26. The van der Waals surface area contributed by atoms with Gasteiger partial charge in [-0.15, -0.1) is 0 Å². The molecule has 0 spiro atoms. The number of carboxylic acids is 1. The van der Waals surface area contributed by atoms with E-state index < -0.39 is 5.97 Å². The minimum absolute atomic E-state index is 0.0786. The molecule has 0 unspecified atom stereocenters. The molecule has 2 aromatic rings. The van der Waals surface area contributed by atoms with Gasteiger partial charge >= 0.3 is 5.97 Å². The highest BCUT2D eigenvalue weighted by molar-refractivity contribution is 5.84. The molecule has 0 aliphatic rings. The Hall–Kier alpha value is -2.24. The third-order valence-electron chi connectivity index (χ3n) is 1.85. The van der Waals surface area contributed by atoms with Gasteiger partial charge in [-0.25, -0.2) is 4.79 Å². The molecule has 0 aliphatic carbocycles. The second-order valence-electron chi connectivity index (χ2n) is 3.01. The van der Waals surface area contributed by atoms with Crippen LogP contribution in [-0.4, -0.2) is 20.9 Å². The second kappa shape index (κ2) is 3.49. The zero-order valence-electron chi connectivity index (χ0n) is 7.75. The highest BCUT2D eigenvalue weighted by Crippen LogP contribution is 2.09. The van der Waals surface area contributed by atoms with E-state index in [2.05, 4.69) is 5.10 Å². The van der Waals surface area contributed by atoms with Crippen molar-refractivity contribution >= 4 is 11.8 Å². The lowest BCUT2D eigenvalue weighted by atomic mass is 10.4. The zero-order chi connectivity index (χ0) is 10.8. The molecule has 2 aromatic heterocycles. The minimum Gasteiger partial charge on any atom is -0.475 e. The van der Waals surface area contributed by atoms with E-state index in [0.717, 1.165) is 0 Å². The lowest BCUT2D eigenvalue weighted by molar-refractivity contribution is 0.0660. The Morgan fingerprint density at radius 1 is 1.53 bits per heavy atom. The molecule has 0 saturated carbocycles. The molecule has 0 saturated heterocycles. The second-order valence-corrected chi connectivity index (χ2v) is 3.01. The van der Waals surface area contributed by atoms with E-state index in [4.69, 9.17) is 15.3 Å². The van der Waals surface area contributed by atoms with Crippen molar-refractivity contribution in [1.82, 2.24) is 9.78 Å². The molecule has 0 aliphatic heterocycles. The largest absolute Gasteiger partial charge is 0.475 e. The summed E-state index contributed by atoms with van der Waals surface area (Å²) in [6.07, 6.45) is 1.69. The fourth-order valence-electron chi connectivity index (χ4n) is 1.20. The van der Waals surface area contributed by atoms with Crippen LogP contribution in [0.5, 0.6) is 0 Å². The first-order chi connectivity index (χ1) is 7.15. The van der Waals surface area contributed by atoms with Gasteiger partial charge in [0, 0.05) is 6.20 Å². The highest BCUT2D eigenvalue weighted by Gasteiger charge is 2.09. The molecule has 0 fully saturated rings. The summed E-state index contributed by atoms with van der Waals surface area (Å²) in [5.74, 6) is -0.220. The minimum atomic E-state index is -1.08. The lowest BCUT2D eigenvalue weighted by Crippen LogP contribution is -2.00. The number of anilines is 1. The molecule has 6 nitrogen and oxygen atoms in total. The summed E-state index contributed by atoms with van der Waals surface area (Å²) >= 11 is 0. The van der Waals surface area contributed by atoms with Gasteiger partial charge in [-0.1, -0.05) is 0 Å². The number of hydrogen-bond acceptors (Lipinski definition) is 4. The summed E-state index contributed by atoms with van der Waals surface area (Å²) in [5, 5.41) is 12.6. The molecule has 0 amide bonds. The molecule has 2 heterocycles. The maximum Gasteiger partial charge on any atom is 0.371 e. The molecule has 2 rings (SSSR count). The lowest BCUT2D eigenvalue weighted by Gasteiger charge is -1.96. The third-order valence-corrected chi connectivity index (χ3v) is 1.85. The van der Waals surface area contributed by atoms with Gasteiger partial charge in [0.05, 0.1) is 6.54 Å². The average molecular weight is 207 g/mol. The summed E-state index contributed by atoms with van der Waals surface area (Å²) < 4.78 is 6.63. The highest BCUT2D eigenvalue weighted by atomic mass is 16.4. The number of rotatable bonds is 3. The monoisotopic (exact) mass is 207 g/mol. The Balaban J connectivity index is 2.14. The van der Waals surface area contributed by atoms with Gasteiger partial charge in [-0.05, 0) is 18.2 Å². The van der Waals surface area contributed by atoms with E-state index in [9.17, 15) is 4.79 Å². The smallest absolute Gasteiger partial charge is 0.371 e. The van der Waals surface area contributed by atoms with Gasteiger partial charge in [-0.3, -0.25) is 4.68 Å². The molecule has 15 heavy (non-hydrogen) atoms. The predicted molar refractivity (Wildman–Crippen MR) is 51.4 cm³/mol. The first kappa shape index (κ1) is 9.32. The van der Waals surface area contributed by atoms with Crippen molar-refractivity contribution < 1.29 is 14.3 Å². The Morgan fingerprint density at radius 3 is 2.87 bits per heavy atom. The van der Waals surface area contributed by atoms with Gasteiger partial charge in [-0.2, -0.15) is 5.10 Å². The van der Waals surface area contributed by atoms with Crippen molar-refractivity contribution in [2.75, 3.05) is 5.73 Å². The van der Waals surface area contributed by atoms with Gasteiger partial charge in [0.1, 0.15) is 11.6 Å². The molecule has 0 atom stereocenters. The number of aromatic nitrogens is 2. The molecular formula is C9H9N3O3. The van der Waals surface area contributed by atoms with Crippen LogP contribution in [0.4, 0.5) is 5.82 Å². The number of nitrogens with two attached hydrogens (primary N) is 1. The Labute approximate surface area is 84.9 Å². The Kier molecular flexibility index (Phi) is 2.17. The van der Waals surface area contributed by atoms with Gasteiger partial charge in [0.2, 0.25) is 5.76 Å². The average Bonchev–Trinajstić information content (AvgIpc) is 2.76. The van der Waals surface area contributed by atoms with Crippen LogP contribution >= 0.6 is 0 Å². The van der Waals surface area contributed by atoms with Crippen molar-refractivity contribution in [3.05, 3.63) is 35.9 Å². The summed E-state index contributed by atoms with van der Waals surface area (Å²) in [7, 11) is 0. The van der Waals surface area contributed by atoms with Crippen molar-refractivity contribution in [1.29, 1.82) is 0 Å². The zero-order valence-corrected chi connectivity index (χ0v) is 7.75. The van der Waals surface area contributed by atoms with Gasteiger partial charge in [0.25, 0.3) is 0 Å².